The molecule has 1 amide bonds. The van der Waals surface area contributed by atoms with Gasteiger partial charge in [0.05, 0.1) is 16.3 Å². The normalized spacial score (nSPS) is 15.7. The van der Waals surface area contributed by atoms with Gasteiger partial charge in [-0.15, -0.1) is 0 Å². The number of amides is 1. The molecule has 1 N–H and O–H groups in total. The molecule has 0 unspecified atom stereocenters. The number of hydrogen-bond donors (Lipinski definition) is 1. The first-order valence-corrected chi connectivity index (χ1v) is 14.0. The van der Waals surface area contributed by atoms with Crippen LogP contribution >= 0.6 is 34.4 Å². The standard InChI is InChI=1S/C29H25IN4O4S/c1-17-8-10-20(11-9-17)28-33-34-26(31)21(27(35)32-29(34)39-28)14-19-15-22(30)25(24(16-19)36-3)38-13-12-37-23-7-5-4-6-18(23)2/h4-11,14-16,31H,12-13H2,1-3H3/b21-14-,31-26?. The topological polar surface area (TPSA) is 96.6 Å². The minimum atomic E-state index is -0.484. The first-order valence-electron chi connectivity index (χ1n) is 12.1. The summed E-state index contributed by atoms with van der Waals surface area (Å²) in [4.78, 5) is 17.1. The lowest BCUT2D eigenvalue weighted by Crippen LogP contribution is -2.35. The molecule has 0 saturated carbocycles. The van der Waals surface area contributed by atoms with Crippen molar-refractivity contribution < 1.29 is 19.0 Å². The molecule has 0 spiro atoms. The van der Waals surface area contributed by atoms with Crippen LogP contribution in [0.4, 0.5) is 0 Å². The van der Waals surface area contributed by atoms with Gasteiger partial charge in [-0.3, -0.25) is 10.2 Å². The van der Waals surface area contributed by atoms with Crippen molar-refractivity contribution >= 4 is 62.4 Å². The molecule has 5 rings (SSSR count). The highest BCUT2D eigenvalue weighted by atomic mass is 127. The Hall–Kier alpha value is -3.64. The molecule has 3 aromatic carbocycles. The lowest BCUT2D eigenvalue weighted by atomic mass is 10.1. The zero-order valence-corrected chi connectivity index (χ0v) is 24.5. The molecule has 2 heterocycles. The van der Waals surface area contributed by atoms with E-state index in [2.05, 4.69) is 32.7 Å². The van der Waals surface area contributed by atoms with Crippen LogP contribution in [0, 0.1) is 22.8 Å². The summed E-state index contributed by atoms with van der Waals surface area (Å²) in [5.41, 5.74) is 3.94. The summed E-state index contributed by atoms with van der Waals surface area (Å²) in [7, 11) is 1.56. The average molecular weight is 653 g/mol. The van der Waals surface area contributed by atoms with Crippen LogP contribution in [0.2, 0.25) is 0 Å². The largest absolute Gasteiger partial charge is 0.493 e. The Morgan fingerprint density at radius 1 is 1.03 bits per heavy atom. The summed E-state index contributed by atoms with van der Waals surface area (Å²) in [6, 6.07) is 19.4. The van der Waals surface area contributed by atoms with Crippen LogP contribution in [0.3, 0.4) is 0 Å². The number of aryl methyl sites for hydroxylation is 2. The van der Waals surface area contributed by atoms with Crippen LogP contribution in [-0.2, 0) is 4.79 Å². The fourth-order valence-corrected chi connectivity index (χ4v) is 5.63. The molecule has 0 saturated heterocycles. The third-order valence-corrected chi connectivity index (χ3v) is 7.76. The summed E-state index contributed by atoms with van der Waals surface area (Å²) < 4.78 is 18.2. The predicted octanol–water partition coefficient (Wildman–Crippen LogP) is 6.04. The number of carbonyl (C=O) groups excluding carboxylic acids is 1. The number of benzene rings is 3. The molecule has 0 atom stereocenters. The molecule has 39 heavy (non-hydrogen) atoms. The second-order valence-electron chi connectivity index (χ2n) is 8.79. The Kier molecular flexibility index (Phi) is 8.03. The third kappa shape index (κ3) is 5.86. The molecular formula is C29H25IN4O4S. The summed E-state index contributed by atoms with van der Waals surface area (Å²) in [5.74, 6) is 1.41. The van der Waals surface area contributed by atoms with Crippen molar-refractivity contribution in [2.24, 2.45) is 10.1 Å². The Bertz CT molecular complexity index is 1550. The average Bonchev–Trinajstić information content (AvgIpc) is 3.35. The maximum absolute atomic E-state index is 12.9. The van der Waals surface area contributed by atoms with Crippen molar-refractivity contribution in [3.8, 4) is 17.2 Å². The number of carbonyl (C=O) groups is 1. The number of hydrogen-bond acceptors (Lipinski definition) is 7. The summed E-state index contributed by atoms with van der Waals surface area (Å²) in [6.07, 6.45) is 1.63. The van der Waals surface area contributed by atoms with E-state index in [0.717, 1.165) is 26.0 Å². The maximum Gasteiger partial charge on any atom is 0.283 e. The second-order valence-corrected chi connectivity index (χ2v) is 10.9. The van der Waals surface area contributed by atoms with E-state index in [4.69, 9.17) is 19.6 Å². The summed E-state index contributed by atoms with van der Waals surface area (Å²) in [5, 5.41) is 15.7. The van der Waals surface area contributed by atoms with E-state index >= 15 is 0 Å². The van der Waals surface area contributed by atoms with Crippen LogP contribution in [-0.4, -0.2) is 47.3 Å². The molecule has 3 aromatic rings. The fraction of sp³-hybridized carbons (Fsp3) is 0.172. The fourth-order valence-electron chi connectivity index (χ4n) is 3.95. The molecule has 0 aromatic heterocycles. The first kappa shape index (κ1) is 26.9. The number of amidine groups is 2. The Labute approximate surface area is 244 Å². The lowest BCUT2D eigenvalue weighted by molar-refractivity contribution is -0.114. The third-order valence-electron chi connectivity index (χ3n) is 6.00. The Morgan fingerprint density at radius 2 is 1.77 bits per heavy atom. The van der Waals surface area contributed by atoms with Crippen LogP contribution in [0.25, 0.3) is 6.08 Å². The predicted molar refractivity (Wildman–Crippen MR) is 163 cm³/mol. The van der Waals surface area contributed by atoms with Crippen molar-refractivity contribution in [3.63, 3.8) is 0 Å². The van der Waals surface area contributed by atoms with Crippen molar-refractivity contribution in [2.45, 2.75) is 13.8 Å². The summed E-state index contributed by atoms with van der Waals surface area (Å²) in [6.45, 7) is 4.72. The van der Waals surface area contributed by atoms with E-state index in [0.29, 0.717) is 40.5 Å². The zero-order chi connectivity index (χ0) is 27.5. The van der Waals surface area contributed by atoms with E-state index in [1.165, 1.54) is 16.8 Å². The van der Waals surface area contributed by atoms with Crippen LogP contribution < -0.4 is 14.2 Å². The number of thioether (sulfide) groups is 1. The van der Waals surface area contributed by atoms with Gasteiger partial charge in [0.2, 0.25) is 5.17 Å². The summed E-state index contributed by atoms with van der Waals surface area (Å²) >= 11 is 3.45. The zero-order valence-electron chi connectivity index (χ0n) is 21.5. The number of halogens is 1. The van der Waals surface area contributed by atoms with Gasteiger partial charge in [-0.1, -0.05) is 48.0 Å². The Morgan fingerprint density at radius 3 is 2.51 bits per heavy atom. The SMILES string of the molecule is COc1cc(/C=C2/C(=N)N3N=C(c4ccc(C)cc4)SC3=NC2=O)cc(I)c1OCCOc1ccccc1C. The molecule has 0 bridgehead atoms. The van der Waals surface area contributed by atoms with Crippen LogP contribution in [0.15, 0.2) is 76.3 Å². The van der Waals surface area contributed by atoms with Gasteiger partial charge >= 0.3 is 0 Å². The highest BCUT2D eigenvalue weighted by Crippen LogP contribution is 2.36. The number of nitrogens with one attached hydrogen (secondary N) is 1. The minimum absolute atomic E-state index is 0.0257. The number of fused-ring (bicyclic) bond motifs is 1. The van der Waals surface area contributed by atoms with E-state index in [1.54, 1.807) is 19.3 Å². The maximum atomic E-state index is 12.9. The minimum Gasteiger partial charge on any atom is -0.493 e. The van der Waals surface area contributed by atoms with Crippen molar-refractivity contribution in [1.82, 2.24) is 5.01 Å². The number of para-hydroxylation sites is 1. The Balaban J connectivity index is 1.32. The van der Waals surface area contributed by atoms with E-state index in [1.807, 2.05) is 68.4 Å². The van der Waals surface area contributed by atoms with Gasteiger partial charge in [-0.2, -0.15) is 15.1 Å². The number of aliphatic imine (C=N–C) groups is 1. The molecule has 2 aliphatic rings. The smallest absolute Gasteiger partial charge is 0.283 e. The molecular weight excluding hydrogens is 627 g/mol. The van der Waals surface area contributed by atoms with Gasteiger partial charge in [0, 0.05) is 5.56 Å². The molecule has 0 radical (unpaired) electrons. The molecule has 0 aliphatic carbocycles. The highest BCUT2D eigenvalue weighted by molar-refractivity contribution is 14.1. The van der Waals surface area contributed by atoms with Crippen molar-refractivity contribution in [3.05, 3.63) is 92.1 Å². The van der Waals surface area contributed by atoms with Gasteiger partial charge in [0.25, 0.3) is 5.91 Å². The molecule has 198 valence electrons. The molecule has 0 fully saturated rings. The lowest BCUT2D eigenvalue weighted by Gasteiger charge is -2.20. The first-order chi connectivity index (χ1) is 18.8. The van der Waals surface area contributed by atoms with Crippen molar-refractivity contribution in [1.29, 1.82) is 5.41 Å². The van der Waals surface area contributed by atoms with Gasteiger partial charge in [0.15, 0.2) is 17.3 Å². The number of hydrazone groups is 1. The van der Waals surface area contributed by atoms with Crippen LogP contribution in [0.1, 0.15) is 22.3 Å². The quantitative estimate of drug-likeness (QED) is 0.181. The van der Waals surface area contributed by atoms with E-state index in [-0.39, 0.29) is 11.4 Å². The van der Waals surface area contributed by atoms with E-state index < -0.39 is 5.91 Å². The second kappa shape index (κ2) is 11.6. The molecule has 10 heteroatoms. The van der Waals surface area contributed by atoms with E-state index in [9.17, 15) is 4.79 Å². The number of methoxy groups -OCH3 is 1. The van der Waals surface area contributed by atoms with Crippen molar-refractivity contribution in [2.75, 3.05) is 20.3 Å². The van der Waals surface area contributed by atoms with Gasteiger partial charge in [-0.05, 0) is 83.6 Å². The van der Waals surface area contributed by atoms with Gasteiger partial charge in [-0.25, -0.2) is 0 Å². The molecule has 2 aliphatic heterocycles. The number of ether oxygens (including phenoxy) is 3. The monoisotopic (exact) mass is 652 g/mol. The number of rotatable bonds is 8. The highest BCUT2D eigenvalue weighted by Gasteiger charge is 2.36. The number of nitrogens with zero attached hydrogens (tertiary/aromatic N) is 3. The van der Waals surface area contributed by atoms with Gasteiger partial charge < -0.3 is 14.2 Å². The van der Waals surface area contributed by atoms with Crippen LogP contribution in [0.5, 0.6) is 17.2 Å². The van der Waals surface area contributed by atoms with Gasteiger partial charge in [0.1, 0.15) is 24.0 Å². The molecule has 8 nitrogen and oxygen atoms in total.